The van der Waals surface area contributed by atoms with Gasteiger partial charge in [-0.2, -0.15) is 0 Å². The molecule has 2 aromatic heterocycles. The molecule has 1 aromatic carbocycles. The van der Waals surface area contributed by atoms with E-state index in [1.54, 1.807) is 11.1 Å². The number of benzene rings is 1. The molecule has 0 aliphatic heterocycles. The Hall–Kier alpha value is -2.22. The summed E-state index contributed by atoms with van der Waals surface area (Å²) in [7, 11) is 0. The van der Waals surface area contributed by atoms with Crippen LogP contribution in [0.4, 0.5) is 0 Å². The highest BCUT2D eigenvalue weighted by atomic mass is 16.3. The first kappa shape index (κ1) is 17.8. The molecular weight excluding hydrogens is 344 g/mol. The Kier molecular flexibility index (Phi) is 4.66. The minimum Gasteiger partial charge on any atom is -0.460 e. The van der Waals surface area contributed by atoms with Crippen LogP contribution in [0.15, 0.2) is 44.3 Å². The van der Waals surface area contributed by atoms with Crippen LogP contribution in [0.2, 0.25) is 0 Å². The van der Waals surface area contributed by atoms with Gasteiger partial charge in [0, 0.05) is 40.8 Å². The molecule has 0 saturated heterocycles. The fourth-order valence-corrected chi connectivity index (χ4v) is 4.86. The van der Waals surface area contributed by atoms with Crippen LogP contribution in [0.1, 0.15) is 75.0 Å². The fourth-order valence-electron chi connectivity index (χ4n) is 4.86. The van der Waals surface area contributed by atoms with Gasteiger partial charge < -0.3 is 8.83 Å². The van der Waals surface area contributed by atoms with Gasteiger partial charge >= 0.3 is 0 Å². The van der Waals surface area contributed by atoms with E-state index in [0.29, 0.717) is 0 Å². The molecule has 2 heteroatoms. The van der Waals surface area contributed by atoms with Gasteiger partial charge in [0.15, 0.2) is 0 Å². The van der Waals surface area contributed by atoms with Crippen molar-refractivity contribution in [2.45, 2.75) is 78.1 Å². The maximum absolute atomic E-state index is 6.30. The molecule has 5 rings (SSSR count). The number of unbranched alkanes of at least 4 members (excludes halogenated alkanes) is 2. The third-order valence-corrected chi connectivity index (χ3v) is 6.54. The van der Waals surface area contributed by atoms with Crippen molar-refractivity contribution in [3.8, 4) is 0 Å². The molecule has 0 spiro atoms. The minimum absolute atomic E-state index is 0.979. The Morgan fingerprint density at radius 2 is 1.21 bits per heavy atom. The maximum Gasteiger partial charge on any atom is 0.138 e. The highest BCUT2D eigenvalue weighted by molar-refractivity contribution is 5.98. The summed E-state index contributed by atoms with van der Waals surface area (Å²) in [5.41, 5.74) is 7.85. The van der Waals surface area contributed by atoms with Crippen molar-refractivity contribution in [3.63, 3.8) is 0 Å². The quantitative estimate of drug-likeness (QED) is 0.415. The highest BCUT2D eigenvalue weighted by Crippen LogP contribution is 2.39. The van der Waals surface area contributed by atoms with Gasteiger partial charge in [0.2, 0.25) is 0 Å². The van der Waals surface area contributed by atoms with Gasteiger partial charge in [-0.15, -0.1) is 0 Å². The fraction of sp³-hybridized carbons (Fsp3) is 0.462. The summed E-state index contributed by atoms with van der Waals surface area (Å²) in [4.78, 5) is 0. The largest absolute Gasteiger partial charge is 0.460 e. The molecule has 0 radical (unpaired) electrons. The topological polar surface area (TPSA) is 26.3 Å². The zero-order chi connectivity index (χ0) is 19.1. The van der Waals surface area contributed by atoms with Crippen LogP contribution < -0.4 is 0 Å². The average molecular weight is 375 g/mol. The molecule has 2 aliphatic rings. The van der Waals surface area contributed by atoms with Crippen LogP contribution in [0, 0.1) is 0 Å². The summed E-state index contributed by atoms with van der Waals surface area (Å²) < 4.78 is 12.6. The van der Waals surface area contributed by atoms with Gasteiger partial charge in [-0.1, -0.05) is 50.0 Å². The van der Waals surface area contributed by atoms with Crippen LogP contribution in [0.5, 0.6) is 0 Å². The standard InChI is InChI=1S/C26H30O2/c1-3-5-7-17-9-11-19-21-15-22-20-12-10-18(8-6-4-2)14-24(20)28-26(22)16-25(21)27-23(19)13-17/h9-10,15-16H,3-8,11-14H2,1-2H3. The molecule has 2 aliphatic carbocycles. The smallest absolute Gasteiger partial charge is 0.138 e. The van der Waals surface area contributed by atoms with Crippen LogP contribution in [-0.2, 0) is 25.7 Å². The Morgan fingerprint density at radius 3 is 1.68 bits per heavy atom. The second-order valence-corrected chi connectivity index (χ2v) is 8.55. The van der Waals surface area contributed by atoms with Crippen molar-refractivity contribution in [3.05, 3.63) is 58.1 Å². The molecule has 0 unspecified atom stereocenters. The van der Waals surface area contributed by atoms with E-state index >= 15 is 0 Å². The van der Waals surface area contributed by atoms with Crippen molar-refractivity contribution < 1.29 is 8.83 Å². The predicted octanol–water partition coefficient (Wildman–Crippen LogP) is 7.61. The summed E-state index contributed by atoms with van der Waals surface area (Å²) in [6, 6.07) is 4.48. The number of rotatable bonds is 6. The van der Waals surface area contributed by atoms with E-state index < -0.39 is 0 Å². The first-order valence-corrected chi connectivity index (χ1v) is 11.1. The third-order valence-electron chi connectivity index (χ3n) is 6.54. The molecule has 2 nitrogen and oxygen atoms in total. The zero-order valence-electron chi connectivity index (χ0n) is 17.2. The van der Waals surface area contributed by atoms with Gasteiger partial charge in [0.1, 0.15) is 22.7 Å². The Morgan fingerprint density at radius 1 is 0.714 bits per heavy atom. The van der Waals surface area contributed by atoms with Crippen molar-refractivity contribution in [2.24, 2.45) is 0 Å². The van der Waals surface area contributed by atoms with Crippen molar-refractivity contribution in [1.82, 2.24) is 0 Å². The van der Waals surface area contributed by atoms with Crippen LogP contribution in [0.3, 0.4) is 0 Å². The lowest BCUT2D eigenvalue weighted by Crippen LogP contribution is -2.01. The summed E-state index contributed by atoms with van der Waals surface area (Å²) in [5.74, 6) is 2.35. The van der Waals surface area contributed by atoms with Crippen molar-refractivity contribution >= 4 is 21.9 Å². The normalized spacial score (nSPS) is 16.2. The van der Waals surface area contributed by atoms with E-state index in [2.05, 4.69) is 38.1 Å². The van der Waals surface area contributed by atoms with Gasteiger partial charge in [-0.3, -0.25) is 0 Å². The van der Waals surface area contributed by atoms with Crippen LogP contribution in [-0.4, -0.2) is 0 Å². The molecule has 0 bridgehead atoms. The lowest BCUT2D eigenvalue weighted by molar-refractivity contribution is 0.538. The maximum atomic E-state index is 6.30. The van der Waals surface area contributed by atoms with Crippen LogP contribution in [0.25, 0.3) is 21.9 Å². The van der Waals surface area contributed by atoms with E-state index in [1.165, 1.54) is 71.9 Å². The molecule has 0 N–H and O–H groups in total. The minimum atomic E-state index is 0.979. The second-order valence-electron chi connectivity index (χ2n) is 8.55. The molecule has 146 valence electrons. The highest BCUT2D eigenvalue weighted by Gasteiger charge is 2.23. The lowest BCUT2D eigenvalue weighted by Gasteiger charge is -2.12. The summed E-state index contributed by atoms with van der Waals surface area (Å²) >= 11 is 0. The lowest BCUT2D eigenvalue weighted by atomic mass is 9.91. The van der Waals surface area contributed by atoms with Gasteiger partial charge in [0.05, 0.1) is 0 Å². The predicted molar refractivity (Wildman–Crippen MR) is 116 cm³/mol. The summed E-state index contributed by atoms with van der Waals surface area (Å²) in [6.07, 6.45) is 16.3. The van der Waals surface area contributed by atoms with E-state index in [-0.39, 0.29) is 0 Å². The summed E-state index contributed by atoms with van der Waals surface area (Å²) in [5, 5.41) is 2.58. The SMILES string of the molecule is CCCCC1=CCc2c(oc3cc4oc5c(c4cc23)CC=C(CCCC)C5)C1. The molecule has 0 atom stereocenters. The Balaban J connectivity index is 1.49. The van der Waals surface area contributed by atoms with Gasteiger partial charge in [0.25, 0.3) is 0 Å². The monoisotopic (exact) mass is 374 g/mol. The van der Waals surface area contributed by atoms with Gasteiger partial charge in [-0.05, 0) is 44.6 Å². The van der Waals surface area contributed by atoms with Crippen molar-refractivity contribution in [1.29, 1.82) is 0 Å². The first-order chi connectivity index (χ1) is 13.8. The van der Waals surface area contributed by atoms with Crippen LogP contribution >= 0.6 is 0 Å². The van der Waals surface area contributed by atoms with E-state index in [1.807, 2.05) is 0 Å². The zero-order valence-corrected chi connectivity index (χ0v) is 17.2. The molecular formula is C26H30O2. The molecule has 28 heavy (non-hydrogen) atoms. The van der Waals surface area contributed by atoms with E-state index in [4.69, 9.17) is 8.83 Å². The molecule has 3 aromatic rings. The number of hydrogen-bond acceptors (Lipinski definition) is 2. The molecule has 2 heterocycles. The third kappa shape index (κ3) is 3.03. The number of allylic oxidation sites excluding steroid dienone is 4. The van der Waals surface area contributed by atoms with Gasteiger partial charge in [-0.25, -0.2) is 0 Å². The Labute approximate surface area is 167 Å². The summed E-state index contributed by atoms with van der Waals surface area (Å²) in [6.45, 7) is 4.52. The van der Waals surface area contributed by atoms with E-state index in [9.17, 15) is 0 Å². The van der Waals surface area contributed by atoms with E-state index in [0.717, 1.165) is 36.8 Å². The Bertz CT molecular complexity index is 1000. The number of furan rings is 2. The number of fused-ring (bicyclic) bond motifs is 6. The average Bonchev–Trinajstić information content (AvgIpc) is 3.24. The number of hydrogen-bond donors (Lipinski definition) is 0. The second kappa shape index (κ2) is 7.31. The molecule has 0 fully saturated rings. The first-order valence-electron chi connectivity index (χ1n) is 11.1. The molecule has 0 saturated carbocycles. The van der Waals surface area contributed by atoms with Crippen molar-refractivity contribution in [2.75, 3.05) is 0 Å². The molecule has 0 amide bonds.